The molecule has 0 aliphatic carbocycles. The van der Waals surface area contributed by atoms with Gasteiger partial charge in [0.2, 0.25) is 0 Å². The van der Waals surface area contributed by atoms with Crippen molar-refractivity contribution in [3.05, 3.63) is 48.0 Å². The van der Waals surface area contributed by atoms with Crippen molar-refractivity contribution in [3.8, 4) is 11.3 Å². The topological polar surface area (TPSA) is 39.2 Å². The van der Waals surface area contributed by atoms with Gasteiger partial charge in [0.05, 0.1) is 6.04 Å². The summed E-state index contributed by atoms with van der Waals surface area (Å²) in [4.78, 5) is 0. The molecule has 2 rings (SSSR count). The van der Waals surface area contributed by atoms with E-state index in [9.17, 15) is 4.39 Å². The zero-order valence-electron chi connectivity index (χ0n) is 8.41. The van der Waals surface area contributed by atoms with Crippen molar-refractivity contribution in [2.24, 2.45) is 5.73 Å². The maximum Gasteiger partial charge on any atom is 0.134 e. The van der Waals surface area contributed by atoms with Crippen LogP contribution in [0.15, 0.2) is 40.8 Å². The van der Waals surface area contributed by atoms with Gasteiger partial charge in [0.25, 0.3) is 0 Å². The van der Waals surface area contributed by atoms with Crippen LogP contribution in [0.2, 0.25) is 0 Å². The van der Waals surface area contributed by atoms with Gasteiger partial charge < -0.3 is 10.2 Å². The summed E-state index contributed by atoms with van der Waals surface area (Å²) in [6.45, 7) is 1.84. The van der Waals surface area contributed by atoms with Crippen molar-refractivity contribution < 1.29 is 8.81 Å². The molecule has 78 valence electrons. The van der Waals surface area contributed by atoms with Crippen molar-refractivity contribution in [1.82, 2.24) is 0 Å². The Bertz CT molecular complexity index is 462. The van der Waals surface area contributed by atoms with Gasteiger partial charge in [-0.05, 0) is 31.2 Å². The maximum absolute atomic E-state index is 13.0. The second-order valence-electron chi connectivity index (χ2n) is 3.50. The summed E-state index contributed by atoms with van der Waals surface area (Å²) in [7, 11) is 0. The van der Waals surface area contributed by atoms with Gasteiger partial charge in [-0.1, -0.05) is 12.1 Å². The van der Waals surface area contributed by atoms with E-state index in [1.54, 1.807) is 18.2 Å². The average molecular weight is 205 g/mol. The zero-order valence-corrected chi connectivity index (χ0v) is 8.41. The molecule has 1 atom stereocenters. The van der Waals surface area contributed by atoms with Crippen LogP contribution in [0, 0.1) is 5.82 Å². The number of hydrogen-bond acceptors (Lipinski definition) is 2. The summed E-state index contributed by atoms with van der Waals surface area (Å²) in [6.07, 6.45) is 0. The third-order valence-electron chi connectivity index (χ3n) is 2.18. The molecule has 0 spiro atoms. The zero-order chi connectivity index (χ0) is 10.8. The van der Waals surface area contributed by atoms with Crippen molar-refractivity contribution >= 4 is 0 Å². The van der Waals surface area contributed by atoms with Crippen LogP contribution in [0.1, 0.15) is 18.7 Å². The Hall–Kier alpha value is -1.61. The number of nitrogens with two attached hydrogens (primary N) is 1. The molecule has 0 aliphatic rings. The molecule has 0 bridgehead atoms. The standard InChI is InChI=1S/C12H12FNO/c1-8(14)11-5-6-12(15-11)9-3-2-4-10(13)7-9/h2-8H,14H2,1H3. The average Bonchev–Trinajstić information content (AvgIpc) is 2.66. The van der Waals surface area contributed by atoms with Crippen LogP contribution >= 0.6 is 0 Å². The molecule has 0 amide bonds. The van der Waals surface area contributed by atoms with Gasteiger partial charge in [-0.25, -0.2) is 4.39 Å². The molecule has 0 saturated heterocycles. The van der Waals surface area contributed by atoms with Gasteiger partial charge in [-0.3, -0.25) is 0 Å². The quantitative estimate of drug-likeness (QED) is 0.818. The normalized spacial score (nSPS) is 12.7. The summed E-state index contributed by atoms with van der Waals surface area (Å²) in [5.41, 5.74) is 6.39. The van der Waals surface area contributed by atoms with E-state index in [2.05, 4.69) is 0 Å². The van der Waals surface area contributed by atoms with E-state index in [4.69, 9.17) is 10.2 Å². The number of benzene rings is 1. The Morgan fingerprint density at radius 2 is 2.07 bits per heavy atom. The lowest BCUT2D eigenvalue weighted by Crippen LogP contribution is -2.02. The highest BCUT2D eigenvalue weighted by Crippen LogP contribution is 2.24. The molecule has 1 aromatic heterocycles. The molecule has 0 saturated carbocycles. The van der Waals surface area contributed by atoms with E-state index < -0.39 is 0 Å². The fraction of sp³-hybridized carbons (Fsp3) is 0.167. The largest absolute Gasteiger partial charge is 0.459 e. The van der Waals surface area contributed by atoms with Gasteiger partial charge in [0, 0.05) is 5.56 Å². The van der Waals surface area contributed by atoms with Gasteiger partial charge >= 0.3 is 0 Å². The predicted octanol–water partition coefficient (Wildman–Crippen LogP) is 3.11. The Balaban J connectivity index is 2.37. The van der Waals surface area contributed by atoms with Crippen molar-refractivity contribution in [2.75, 3.05) is 0 Å². The van der Waals surface area contributed by atoms with Crippen LogP contribution < -0.4 is 5.73 Å². The third-order valence-corrected chi connectivity index (χ3v) is 2.18. The molecule has 2 N–H and O–H groups in total. The lowest BCUT2D eigenvalue weighted by molar-refractivity contribution is 0.490. The minimum atomic E-state index is -0.272. The Kier molecular flexibility index (Phi) is 2.56. The molecule has 2 nitrogen and oxygen atoms in total. The second kappa shape index (κ2) is 3.87. The molecule has 1 unspecified atom stereocenters. The molecule has 1 aromatic carbocycles. The van der Waals surface area contributed by atoms with Crippen molar-refractivity contribution in [1.29, 1.82) is 0 Å². The van der Waals surface area contributed by atoms with E-state index in [1.807, 2.05) is 13.0 Å². The molecule has 2 aromatic rings. The van der Waals surface area contributed by atoms with Crippen LogP contribution in [0.3, 0.4) is 0 Å². The highest BCUT2D eigenvalue weighted by Gasteiger charge is 2.07. The molecule has 0 fully saturated rings. The van der Waals surface area contributed by atoms with Gasteiger partial charge in [-0.15, -0.1) is 0 Å². The van der Waals surface area contributed by atoms with E-state index in [0.717, 1.165) is 5.56 Å². The molecule has 1 heterocycles. The molecule has 15 heavy (non-hydrogen) atoms. The van der Waals surface area contributed by atoms with Crippen LogP contribution in [-0.2, 0) is 0 Å². The van der Waals surface area contributed by atoms with Gasteiger partial charge in [0.1, 0.15) is 17.3 Å². The van der Waals surface area contributed by atoms with Crippen LogP contribution in [0.5, 0.6) is 0 Å². The molecule has 0 radical (unpaired) electrons. The van der Waals surface area contributed by atoms with E-state index in [1.165, 1.54) is 12.1 Å². The van der Waals surface area contributed by atoms with E-state index in [-0.39, 0.29) is 11.9 Å². The summed E-state index contributed by atoms with van der Waals surface area (Å²) in [6, 6.07) is 9.75. The van der Waals surface area contributed by atoms with Crippen LogP contribution in [-0.4, -0.2) is 0 Å². The number of hydrogen-bond donors (Lipinski definition) is 1. The number of rotatable bonds is 2. The maximum atomic E-state index is 13.0. The first kappa shape index (κ1) is 9.93. The lowest BCUT2D eigenvalue weighted by atomic mass is 10.2. The van der Waals surface area contributed by atoms with E-state index in [0.29, 0.717) is 11.5 Å². The van der Waals surface area contributed by atoms with Crippen LogP contribution in [0.4, 0.5) is 4.39 Å². The first-order valence-electron chi connectivity index (χ1n) is 4.78. The lowest BCUT2D eigenvalue weighted by Gasteiger charge is -2.00. The fourth-order valence-electron chi connectivity index (χ4n) is 1.39. The monoisotopic (exact) mass is 205 g/mol. The molecule has 0 aliphatic heterocycles. The minimum absolute atomic E-state index is 0.146. The highest BCUT2D eigenvalue weighted by molar-refractivity contribution is 5.57. The van der Waals surface area contributed by atoms with Crippen LogP contribution in [0.25, 0.3) is 11.3 Å². The predicted molar refractivity (Wildman–Crippen MR) is 56.7 cm³/mol. The van der Waals surface area contributed by atoms with E-state index >= 15 is 0 Å². The number of furan rings is 1. The fourth-order valence-corrected chi connectivity index (χ4v) is 1.39. The highest BCUT2D eigenvalue weighted by atomic mass is 19.1. The third kappa shape index (κ3) is 2.07. The van der Waals surface area contributed by atoms with Gasteiger partial charge in [0.15, 0.2) is 0 Å². The minimum Gasteiger partial charge on any atom is -0.459 e. The van der Waals surface area contributed by atoms with Crippen molar-refractivity contribution in [3.63, 3.8) is 0 Å². The Morgan fingerprint density at radius 3 is 2.67 bits per heavy atom. The number of halogens is 1. The second-order valence-corrected chi connectivity index (χ2v) is 3.50. The van der Waals surface area contributed by atoms with Crippen molar-refractivity contribution in [2.45, 2.75) is 13.0 Å². The Labute approximate surface area is 87.5 Å². The molecular weight excluding hydrogens is 193 g/mol. The summed E-state index contributed by atoms with van der Waals surface area (Å²) in [5.74, 6) is 1.07. The Morgan fingerprint density at radius 1 is 1.27 bits per heavy atom. The summed E-state index contributed by atoms with van der Waals surface area (Å²) in [5, 5.41) is 0. The summed E-state index contributed by atoms with van der Waals surface area (Å²) < 4.78 is 18.4. The first-order chi connectivity index (χ1) is 7.16. The smallest absolute Gasteiger partial charge is 0.134 e. The molecule has 3 heteroatoms. The SMILES string of the molecule is CC(N)c1ccc(-c2cccc(F)c2)o1. The molecular formula is C12H12FNO. The first-order valence-corrected chi connectivity index (χ1v) is 4.78. The van der Waals surface area contributed by atoms with Gasteiger partial charge in [-0.2, -0.15) is 0 Å². The summed E-state index contributed by atoms with van der Waals surface area (Å²) >= 11 is 0.